The van der Waals surface area contributed by atoms with Crippen molar-refractivity contribution in [3.63, 3.8) is 0 Å². The number of methoxy groups -OCH3 is 1. The number of thioether (sulfide) groups is 1. The van der Waals surface area contributed by atoms with Crippen LogP contribution in [0.4, 0.5) is 0 Å². The van der Waals surface area contributed by atoms with Crippen LogP contribution in [0.15, 0.2) is 41.0 Å². The first kappa shape index (κ1) is 14.8. The maximum Gasteiger partial charge on any atom is 0.337 e. The van der Waals surface area contributed by atoms with Crippen LogP contribution in [0.1, 0.15) is 20.3 Å². The number of allylic oxidation sites excluding steroid dienone is 1. The average Bonchev–Trinajstić information content (AvgIpc) is 2.37. The number of hydrogen-bond acceptors (Lipinski definition) is 5. The van der Waals surface area contributed by atoms with Crippen LogP contribution in [0.3, 0.4) is 0 Å². The summed E-state index contributed by atoms with van der Waals surface area (Å²) in [6.07, 6.45) is 2.11. The number of benzene rings is 1. The fourth-order valence-electron chi connectivity index (χ4n) is 1.83. The first-order valence-corrected chi connectivity index (χ1v) is 7.36. The van der Waals surface area contributed by atoms with Gasteiger partial charge < -0.3 is 14.2 Å². The van der Waals surface area contributed by atoms with Crippen LogP contribution < -0.4 is 4.74 Å². The fraction of sp³-hybridized carbons (Fsp3) is 0.400. The third-order valence-electron chi connectivity index (χ3n) is 2.68. The number of hydrogen-bond donors (Lipinski definition) is 0. The van der Waals surface area contributed by atoms with E-state index in [0.717, 1.165) is 16.4 Å². The number of esters is 1. The van der Waals surface area contributed by atoms with Gasteiger partial charge in [0.25, 0.3) is 0 Å². The van der Waals surface area contributed by atoms with Gasteiger partial charge in [-0.2, -0.15) is 0 Å². The molecule has 0 aliphatic carbocycles. The van der Waals surface area contributed by atoms with Gasteiger partial charge in [0.1, 0.15) is 11.5 Å². The predicted molar refractivity (Wildman–Crippen MR) is 77.7 cm³/mol. The number of carbonyl (C=O) groups is 1. The lowest BCUT2D eigenvalue weighted by atomic mass is 10.3. The van der Waals surface area contributed by atoms with Gasteiger partial charge in [0, 0.05) is 30.9 Å². The molecule has 1 aliphatic heterocycles. The SMILES string of the molecule is COc1ccc(SCCC2=CC(=O)OC(C)(C)O2)cc1. The molecule has 1 aliphatic rings. The summed E-state index contributed by atoms with van der Waals surface area (Å²) in [4.78, 5) is 12.5. The third-order valence-corrected chi connectivity index (χ3v) is 3.69. The summed E-state index contributed by atoms with van der Waals surface area (Å²) in [5.41, 5.74) is 0. The zero-order chi connectivity index (χ0) is 14.6. The Hall–Kier alpha value is -1.62. The van der Waals surface area contributed by atoms with Gasteiger partial charge in [0.15, 0.2) is 0 Å². The Balaban J connectivity index is 1.84. The smallest absolute Gasteiger partial charge is 0.337 e. The van der Waals surface area contributed by atoms with Crippen molar-refractivity contribution >= 4 is 17.7 Å². The molecule has 0 unspecified atom stereocenters. The van der Waals surface area contributed by atoms with Gasteiger partial charge in [-0.25, -0.2) is 4.79 Å². The van der Waals surface area contributed by atoms with Crippen molar-refractivity contribution in [1.29, 1.82) is 0 Å². The van der Waals surface area contributed by atoms with E-state index in [9.17, 15) is 4.79 Å². The average molecular weight is 294 g/mol. The zero-order valence-corrected chi connectivity index (χ0v) is 12.7. The molecule has 0 saturated heterocycles. The van der Waals surface area contributed by atoms with Gasteiger partial charge in [-0.3, -0.25) is 0 Å². The topological polar surface area (TPSA) is 44.8 Å². The summed E-state index contributed by atoms with van der Waals surface area (Å²) >= 11 is 1.71. The number of cyclic esters (lactones) is 1. The van der Waals surface area contributed by atoms with Crippen molar-refractivity contribution in [3.8, 4) is 5.75 Å². The standard InChI is InChI=1S/C15H18O4S/c1-15(2)18-12(10-14(16)19-15)8-9-20-13-6-4-11(17-3)5-7-13/h4-7,10H,8-9H2,1-3H3. The molecule has 0 saturated carbocycles. The number of carbonyl (C=O) groups excluding carboxylic acids is 1. The van der Waals surface area contributed by atoms with Crippen LogP contribution in [-0.4, -0.2) is 24.6 Å². The molecule has 2 rings (SSSR count). The van der Waals surface area contributed by atoms with Crippen LogP contribution in [0, 0.1) is 0 Å². The lowest BCUT2D eigenvalue weighted by Gasteiger charge is -2.30. The second-order valence-electron chi connectivity index (χ2n) is 4.81. The maximum atomic E-state index is 11.4. The molecule has 0 N–H and O–H groups in total. The van der Waals surface area contributed by atoms with E-state index < -0.39 is 5.79 Å². The molecule has 4 nitrogen and oxygen atoms in total. The Morgan fingerprint density at radius 1 is 1.20 bits per heavy atom. The first-order valence-electron chi connectivity index (χ1n) is 6.38. The molecule has 0 fully saturated rings. The molecule has 108 valence electrons. The summed E-state index contributed by atoms with van der Waals surface area (Å²) in [5.74, 6) is 1.14. The molecule has 0 amide bonds. The third kappa shape index (κ3) is 4.20. The van der Waals surface area contributed by atoms with Crippen molar-refractivity contribution in [2.75, 3.05) is 12.9 Å². The molecule has 20 heavy (non-hydrogen) atoms. The first-order chi connectivity index (χ1) is 9.48. The second-order valence-corrected chi connectivity index (χ2v) is 5.98. The van der Waals surface area contributed by atoms with Gasteiger partial charge in [0.2, 0.25) is 5.79 Å². The Kier molecular flexibility index (Phi) is 4.60. The van der Waals surface area contributed by atoms with Crippen molar-refractivity contribution in [3.05, 3.63) is 36.1 Å². The van der Waals surface area contributed by atoms with Gasteiger partial charge >= 0.3 is 5.97 Å². The fourth-order valence-corrected chi connectivity index (χ4v) is 2.70. The van der Waals surface area contributed by atoms with E-state index in [-0.39, 0.29) is 5.97 Å². The van der Waals surface area contributed by atoms with E-state index in [2.05, 4.69) is 0 Å². The molecular weight excluding hydrogens is 276 g/mol. The normalized spacial score (nSPS) is 16.9. The molecule has 0 aromatic heterocycles. The molecular formula is C15H18O4S. The van der Waals surface area contributed by atoms with E-state index in [1.807, 2.05) is 24.3 Å². The van der Waals surface area contributed by atoms with Gasteiger partial charge in [-0.05, 0) is 24.3 Å². The quantitative estimate of drug-likeness (QED) is 0.615. The van der Waals surface area contributed by atoms with Crippen LogP contribution in [0.5, 0.6) is 5.75 Å². The highest BCUT2D eigenvalue weighted by Gasteiger charge is 2.29. The molecule has 0 radical (unpaired) electrons. The Bertz CT molecular complexity index is 505. The highest BCUT2D eigenvalue weighted by Crippen LogP contribution is 2.27. The minimum Gasteiger partial charge on any atom is -0.497 e. The molecule has 1 aromatic carbocycles. The lowest BCUT2D eigenvalue weighted by molar-refractivity contribution is -0.205. The molecule has 1 heterocycles. The van der Waals surface area contributed by atoms with Crippen LogP contribution in [0.25, 0.3) is 0 Å². The van der Waals surface area contributed by atoms with Crippen molar-refractivity contribution in [2.24, 2.45) is 0 Å². The van der Waals surface area contributed by atoms with Crippen molar-refractivity contribution in [2.45, 2.75) is 31.0 Å². The lowest BCUT2D eigenvalue weighted by Crippen LogP contribution is -2.34. The minimum absolute atomic E-state index is 0.342. The Morgan fingerprint density at radius 2 is 1.90 bits per heavy atom. The number of ether oxygens (including phenoxy) is 3. The Labute approximate surface area is 123 Å². The summed E-state index contributed by atoms with van der Waals surface area (Å²) < 4.78 is 15.8. The monoisotopic (exact) mass is 294 g/mol. The maximum absolute atomic E-state index is 11.4. The molecule has 0 atom stereocenters. The van der Waals surface area contributed by atoms with Gasteiger partial charge in [0.05, 0.1) is 13.2 Å². The summed E-state index contributed by atoms with van der Waals surface area (Å²) in [7, 11) is 1.65. The van der Waals surface area contributed by atoms with Crippen LogP contribution >= 0.6 is 11.8 Å². The second kappa shape index (κ2) is 6.22. The molecule has 5 heteroatoms. The van der Waals surface area contributed by atoms with Gasteiger partial charge in [-0.15, -0.1) is 11.8 Å². The largest absolute Gasteiger partial charge is 0.497 e. The van der Waals surface area contributed by atoms with E-state index in [1.165, 1.54) is 6.08 Å². The van der Waals surface area contributed by atoms with Crippen molar-refractivity contribution < 1.29 is 19.0 Å². The highest BCUT2D eigenvalue weighted by atomic mass is 32.2. The van der Waals surface area contributed by atoms with E-state index in [1.54, 1.807) is 32.7 Å². The zero-order valence-electron chi connectivity index (χ0n) is 11.8. The minimum atomic E-state index is -0.869. The van der Waals surface area contributed by atoms with E-state index in [0.29, 0.717) is 12.2 Å². The predicted octanol–water partition coefficient (Wildman–Crippen LogP) is 3.37. The highest BCUT2D eigenvalue weighted by molar-refractivity contribution is 7.99. The number of rotatable bonds is 5. The summed E-state index contributed by atoms with van der Waals surface area (Å²) in [5, 5.41) is 0. The summed E-state index contributed by atoms with van der Waals surface area (Å²) in [6, 6.07) is 7.88. The molecule has 1 aromatic rings. The van der Waals surface area contributed by atoms with E-state index >= 15 is 0 Å². The van der Waals surface area contributed by atoms with Crippen LogP contribution in [-0.2, 0) is 14.3 Å². The Morgan fingerprint density at radius 3 is 2.50 bits per heavy atom. The molecule has 0 bridgehead atoms. The van der Waals surface area contributed by atoms with Gasteiger partial charge in [-0.1, -0.05) is 0 Å². The summed E-state index contributed by atoms with van der Waals surface area (Å²) in [6.45, 7) is 3.46. The van der Waals surface area contributed by atoms with E-state index in [4.69, 9.17) is 14.2 Å². The van der Waals surface area contributed by atoms with Crippen molar-refractivity contribution in [1.82, 2.24) is 0 Å². The molecule has 0 spiro atoms. The van der Waals surface area contributed by atoms with Crippen LogP contribution in [0.2, 0.25) is 0 Å².